The normalized spacial score (nSPS) is 10.6. The van der Waals surface area contributed by atoms with Crippen LogP contribution >= 0.6 is 0 Å². The molecule has 1 aromatic heterocycles. The first-order chi connectivity index (χ1) is 12.7. The van der Waals surface area contributed by atoms with Gasteiger partial charge in [0.2, 0.25) is 0 Å². The number of rotatable bonds is 4. The molecule has 4 rings (SSSR count). The van der Waals surface area contributed by atoms with Gasteiger partial charge in [-0.2, -0.15) is 0 Å². The lowest BCUT2D eigenvalue weighted by Crippen LogP contribution is -2.21. The fraction of sp³-hybridized carbons (Fsp3) is 0. The number of hydrogen-bond acceptors (Lipinski definition) is 3. The van der Waals surface area contributed by atoms with Crippen LogP contribution in [0.3, 0.4) is 0 Å². The highest BCUT2D eigenvalue weighted by molar-refractivity contribution is 5.45. The van der Waals surface area contributed by atoms with Crippen molar-refractivity contribution in [3.05, 3.63) is 102 Å². The smallest absolute Gasteiger partial charge is 0.337 e. The standard InChI is InChI=1S/C21H17N3O2/c22-16-6-8-17(9-7-16)23-14-15-24(21(23)25)18-10-12-20(13-11-18)26-19-4-2-1-3-5-19/h1-15H,22H2. The van der Waals surface area contributed by atoms with Crippen LogP contribution in [0.5, 0.6) is 11.5 Å². The van der Waals surface area contributed by atoms with E-state index in [0.717, 1.165) is 17.1 Å². The van der Waals surface area contributed by atoms with Crippen LogP contribution in [0.1, 0.15) is 0 Å². The molecular formula is C21H17N3O2. The van der Waals surface area contributed by atoms with Crippen LogP contribution in [0, 0.1) is 0 Å². The van der Waals surface area contributed by atoms with Crippen LogP contribution < -0.4 is 16.2 Å². The van der Waals surface area contributed by atoms with E-state index in [1.807, 2.05) is 66.7 Å². The van der Waals surface area contributed by atoms with E-state index in [9.17, 15) is 4.79 Å². The molecule has 3 aromatic carbocycles. The molecule has 26 heavy (non-hydrogen) atoms. The van der Waals surface area contributed by atoms with Gasteiger partial charge < -0.3 is 10.5 Å². The van der Waals surface area contributed by atoms with Gasteiger partial charge in [-0.25, -0.2) is 4.79 Å². The second-order valence-electron chi connectivity index (χ2n) is 5.82. The van der Waals surface area contributed by atoms with Crippen molar-refractivity contribution in [1.82, 2.24) is 9.13 Å². The first-order valence-corrected chi connectivity index (χ1v) is 8.20. The van der Waals surface area contributed by atoms with Crippen molar-refractivity contribution >= 4 is 5.69 Å². The van der Waals surface area contributed by atoms with Crippen LogP contribution in [0.4, 0.5) is 5.69 Å². The van der Waals surface area contributed by atoms with Gasteiger partial charge in [0, 0.05) is 18.1 Å². The highest BCUT2D eigenvalue weighted by atomic mass is 16.5. The number of aromatic nitrogens is 2. The molecule has 0 bridgehead atoms. The van der Waals surface area contributed by atoms with Crippen molar-refractivity contribution in [2.45, 2.75) is 0 Å². The fourth-order valence-corrected chi connectivity index (χ4v) is 2.70. The van der Waals surface area contributed by atoms with E-state index in [1.165, 1.54) is 0 Å². The van der Waals surface area contributed by atoms with E-state index in [1.54, 1.807) is 33.7 Å². The third-order valence-corrected chi connectivity index (χ3v) is 4.04. The summed E-state index contributed by atoms with van der Waals surface area (Å²) in [6, 6.07) is 24.1. The zero-order valence-electron chi connectivity index (χ0n) is 13.9. The molecule has 0 saturated carbocycles. The largest absolute Gasteiger partial charge is 0.457 e. The summed E-state index contributed by atoms with van der Waals surface area (Å²) in [6.07, 6.45) is 3.48. The first-order valence-electron chi connectivity index (χ1n) is 8.20. The van der Waals surface area contributed by atoms with E-state index < -0.39 is 0 Å². The average Bonchev–Trinajstić information content (AvgIpc) is 3.05. The third kappa shape index (κ3) is 3.10. The van der Waals surface area contributed by atoms with Gasteiger partial charge in [-0.15, -0.1) is 0 Å². The molecule has 0 aliphatic rings. The summed E-state index contributed by atoms with van der Waals surface area (Å²) in [6.45, 7) is 0. The number of ether oxygens (including phenoxy) is 1. The summed E-state index contributed by atoms with van der Waals surface area (Å²) in [5.41, 5.74) is 7.76. The highest BCUT2D eigenvalue weighted by Gasteiger charge is 2.07. The van der Waals surface area contributed by atoms with Crippen molar-refractivity contribution < 1.29 is 4.74 Å². The second kappa shape index (κ2) is 6.64. The molecule has 5 nitrogen and oxygen atoms in total. The van der Waals surface area contributed by atoms with Crippen LogP contribution in [-0.4, -0.2) is 9.13 Å². The SMILES string of the molecule is Nc1ccc(-n2ccn(-c3ccc(Oc4ccccc4)cc3)c2=O)cc1. The number of benzene rings is 3. The Balaban J connectivity index is 1.60. The Morgan fingerprint density at radius 1 is 0.654 bits per heavy atom. The summed E-state index contributed by atoms with van der Waals surface area (Å²) in [4.78, 5) is 12.7. The highest BCUT2D eigenvalue weighted by Crippen LogP contribution is 2.22. The van der Waals surface area contributed by atoms with Crippen LogP contribution in [0.25, 0.3) is 11.4 Å². The number of nitrogen functional groups attached to an aromatic ring is 1. The molecule has 0 radical (unpaired) electrons. The van der Waals surface area contributed by atoms with Crippen LogP contribution in [0.2, 0.25) is 0 Å². The van der Waals surface area contributed by atoms with Crippen LogP contribution in [0.15, 0.2) is 96.1 Å². The number of imidazole rings is 1. The second-order valence-corrected chi connectivity index (χ2v) is 5.82. The molecular weight excluding hydrogens is 326 g/mol. The van der Waals surface area contributed by atoms with Gasteiger partial charge in [-0.1, -0.05) is 18.2 Å². The topological polar surface area (TPSA) is 62.2 Å². The zero-order valence-corrected chi connectivity index (χ0v) is 13.9. The van der Waals surface area contributed by atoms with Gasteiger partial charge in [-0.05, 0) is 60.7 Å². The molecule has 0 fully saturated rings. The lowest BCUT2D eigenvalue weighted by atomic mass is 10.3. The van der Waals surface area contributed by atoms with Gasteiger partial charge in [0.05, 0.1) is 11.4 Å². The molecule has 0 aliphatic carbocycles. The molecule has 4 aromatic rings. The quantitative estimate of drug-likeness (QED) is 0.570. The summed E-state index contributed by atoms with van der Waals surface area (Å²) in [5, 5.41) is 0. The number of nitrogens with zero attached hydrogens (tertiary/aromatic N) is 2. The summed E-state index contributed by atoms with van der Waals surface area (Å²) < 4.78 is 8.94. The first kappa shape index (κ1) is 15.8. The summed E-state index contributed by atoms with van der Waals surface area (Å²) in [5.74, 6) is 1.48. The molecule has 0 amide bonds. The van der Waals surface area contributed by atoms with Crippen molar-refractivity contribution in [2.24, 2.45) is 0 Å². The fourth-order valence-electron chi connectivity index (χ4n) is 2.70. The van der Waals surface area contributed by atoms with Crippen molar-refractivity contribution in [1.29, 1.82) is 0 Å². The maximum absolute atomic E-state index is 12.7. The Hall–Kier alpha value is -3.73. The number of nitrogens with two attached hydrogens (primary N) is 1. The minimum absolute atomic E-state index is 0.147. The molecule has 2 N–H and O–H groups in total. The maximum Gasteiger partial charge on any atom is 0.337 e. The van der Waals surface area contributed by atoms with Gasteiger partial charge in [0.25, 0.3) is 0 Å². The average molecular weight is 343 g/mol. The lowest BCUT2D eigenvalue weighted by Gasteiger charge is -2.07. The maximum atomic E-state index is 12.7. The van der Waals surface area contributed by atoms with Gasteiger partial charge in [-0.3, -0.25) is 9.13 Å². The zero-order chi connectivity index (χ0) is 17.9. The Morgan fingerprint density at radius 2 is 1.15 bits per heavy atom. The van der Waals surface area contributed by atoms with Gasteiger partial charge in [0.1, 0.15) is 11.5 Å². The van der Waals surface area contributed by atoms with Crippen LogP contribution in [-0.2, 0) is 0 Å². The Bertz CT molecular complexity index is 1060. The Morgan fingerprint density at radius 3 is 1.73 bits per heavy atom. The molecule has 128 valence electrons. The van der Waals surface area contributed by atoms with E-state index >= 15 is 0 Å². The predicted molar refractivity (Wildman–Crippen MR) is 102 cm³/mol. The number of para-hydroxylation sites is 1. The van der Waals surface area contributed by atoms with E-state index in [4.69, 9.17) is 10.5 Å². The molecule has 0 saturated heterocycles. The molecule has 0 spiro atoms. The predicted octanol–water partition coefficient (Wildman–Crippen LogP) is 4.00. The number of anilines is 1. The van der Waals surface area contributed by atoms with Gasteiger partial charge >= 0.3 is 5.69 Å². The van der Waals surface area contributed by atoms with E-state index in [-0.39, 0.29) is 5.69 Å². The lowest BCUT2D eigenvalue weighted by molar-refractivity contribution is 0.482. The minimum Gasteiger partial charge on any atom is -0.457 e. The van der Waals surface area contributed by atoms with Crippen molar-refractivity contribution in [2.75, 3.05) is 5.73 Å². The minimum atomic E-state index is -0.147. The third-order valence-electron chi connectivity index (χ3n) is 4.04. The summed E-state index contributed by atoms with van der Waals surface area (Å²) >= 11 is 0. The van der Waals surface area contributed by atoms with E-state index in [2.05, 4.69) is 0 Å². The molecule has 0 unspecified atom stereocenters. The number of hydrogen-bond donors (Lipinski definition) is 1. The van der Waals surface area contributed by atoms with Crippen molar-refractivity contribution in [3.8, 4) is 22.9 Å². The molecule has 1 heterocycles. The van der Waals surface area contributed by atoms with Gasteiger partial charge in [0.15, 0.2) is 0 Å². The summed E-state index contributed by atoms with van der Waals surface area (Å²) in [7, 11) is 0. The van der Waals surface area contributed by atoms with E-state index in [0.29, 0.717) is 11.4 Å². The Kier molecular flexibility index (Phi) is 4.03. The van der Waals surface area contributed by atoms with Crippen molar-refractivity contribution in [3.63, 3.8) is 0 Å². The molecule has 5 heteroatoms. The molecule has 0 aliphatic heterocycles. The monoisotopic (exact) mass is 343 g/mol. The molecule has 0 atom stereocenters. The Labute approximate surface area is 150 Å².